The molecule has 3 rings (SSSR count). The zero-order valence-corrected chi connectivity index (χ0v) is 16.6. The van der Waals surface area contributed by atoms with Gasteiger partial charge in [0.15, 0.2) is 5.65 Å². The average molecular weight is 442 g/mol. The standard InChI is InChI=1S/C18H18F4N6O3/c1-8-7-28-15(25-8)13(9(2)30-3)12(6-24-28)27-18(29)26-10-4-11(14(19)20)16(23-5-10)31-17(21)22/h4-7,9,14,17H,1-3H3,(H2,26,27,29)/t9-/m0/s1. The molecule has 3 aromatic rings. The van der Waals surface area contributed by atoms with Crippen LogP contribution in [0.25, 0.3) is 5.65 Å². The van der Waals surface area contributed by atoms with E-state index in [0.29, 0.717) is 16.9 Å². The van der Waals surface area contributed by atoms with Crippen LogP contribution in [0, 0.1) is 6.92 Å². The summed E-state index contributed by atoms with van der Waals surface area (Å²) >= 11 is 0. The van der Waals surface area contributed by atoms with Crippen molar-refractivity contribution in [2.24, 2.45) is 0 Å². The van der Waals surface area contributed by atoms with Crippen molar-refractivity contribution in [3.8, 4) is 5.88 Å². The highest BCUT2D eigenvalue weighted by atomic mass is 19.3. The van der Waals surface area contributed by atoms with Crippen LogP contribution >= 0.6 is 0 Å². The number of carbonyl (C=O) groups is 1. The summed E-state index contributed by atoms with van der Waals surface area (Å²) in [6.07, 6.45) is 0.407. The van der Waals surface area contributed by atoms with Crippen molar-refractivity contribution in [1.29, 1.82) is 0 Å². The number of carbonyl (C=O) groups excluding carboxylic acids is 1. The second-order valence-electron chi connectivity index (χ2n) is 6.38. The SMILES string of the molecule is CO[C@@H](C)c1c(NC(=O)Nc2cnc(OC(F)F)c(C(F)F)c2)cnn2cc(C)nc12. The third-order valence-corrected chi connectivity index (χ3v) is 4.23. The Morgan fingerprint density at radius 3 is 2.58 bits per heavy atom. The van der Waals surface area contributed by atoms with Gasteiger partial charge >= 0.3 is 12.6 Å². The highest BCUT2D eigenvalue weighted by Gasteiger charge is 2.22. The molecule has 0 unspecified atom stereocenters. The van der Waals surface area contributed by atoms with E-state index in [4.69, 9.17) is 4.74 Å². The van der Waals surface area contributed by atoms with Crippen molar-refractivity contribution in [3.05, 3.63) is 41.5 Å². The Kier molecular flexibility index (Phi) is 6.53. The fourth-order valence-electron chi connectivity index (χ4n) is 2.85. The number of methoxy groups -OCH3 is 1. The molecule has 0 radical (unpaired) electrons. The Morgan fingerprint density at radius 2 is 1.94 bits per heavy atom. The van der Waals surface area contributed by atoms with Crippen LogP contribution in [0.1, 0.15) is 36.3 Å². The Labute approximate surface area is 173 Å². The van der Waals surface area contributed by atoms with E-state index in [-0.39, 0.29) is 11.4 Å². The number of amides is 2. The van der Waals surface area contributed by atoms with E-state index in [2.05, 4.69) is 30.4 Å². The molecule has 0 aliphatic heterocycles. The summed E-state index contributed by atoms with van der Waals surface area (Å²) in [6, 6.07) is -0.00362. The van der Waals surface area contributed by atoms with Crippen LogP contribution in [0.3, 0.4) is 0 Å². The summed E-state index contributed by atoms with van der Waals surface area (Å²) in [5, 5.41) is 9.05. The van der Waals surface area contributed by atoms with Crippen LogP contribution in [-0.4, -0.2) is 39.3 Å². The first-order valence-electron chi connectivity index (χ1n) is 8.88. The number of hydrogen-bond acceptors (Lipinski definition) is 6. The molecule has 0 aromatic carbocycles. The molecule has 0 bridgehead atoms. The van der Waals surface area contributed by atoms with E-state index in [1.54, 1.807) is 20.0 Å². The van der Waals surface area contributed by atoms with Gasteiger partial charge in [0, 0.05) is 7.11 Å². The Hall–Kier alpha value is -3.48. The molecule has 0 aliphatic carbocycles. The quantitative estimate of drug-likeness (QED) is 0.529. The van der Waals surface area contributed by atoms with Crippen LogP contribution in [0.5, 0.6) is 5.88 Å². The Bertz CT molecular complexity index is 1090. The highest BCUT2D eigenvalue weighted by molar-refractivity contribution is 6.00. The Balaban J connectivity index is 1.85. The van der Waals surface area contributed by atoms with Gasteiger partial charge in [-0.1, -0.05) is 0 Å². The van der Waals surface area contributed by atoms with E-state index in [9.17, 15) is 22.4 Å². The zero-order chi connectivity index (χ0) is 22.7. The number of fused-ring (bicyclic) bond motifs is 1. The molecular weight excluding hydrogens is 424 g/mol. The molecule has 0 spiro atoms. The lowest BCUT2D eigenvalue weighted by Gasteiger charge is -2.17. The lowest BCUT2D eigenvalue weighted by Crippen LogP contribution is -2.22. The number of hydrogen-bond donors (Lipinski definition) is 2. The second-order valence-corrected chi connectivity index (χ2v) is 6.38. The van der Waals surface area contributed by atoms with E-state index < -0.39 is 36.6 Å². The summed E-state index contributed by atoms with van der Waals surface area (Å²) in [5.41, 5.74) is 0.969. The van der Waals surface area contributed by atoms with Gasteiger partial charge in [0.1, 0.15) is 0 Å². The number of ether oxygens (including phenoxy) is 2. The van der Waals surface area contributed by atoms with Gasteiger partial charge in [-0.2, -0.15) is 13.9 Å². The molecule has 3 aromatic heterocycles. The van der Waals surface area contributed by atoms with Crippen molar-refractivity contribution < 1.29 is 31.8 Å². The molecule has 3 heterocycles. The smallest absolute Gasteiger partial charge is 0.388 e. The molecule has 2 amide bonds. The maximum absolute atomic E-state index is 13.1. The number of pyridine rings is 1. The van der Waals surface area contributed by atoms with Crippen LogP contribution in [0.2, 0.25) is 0 Å². The van der Waals surface area contributed by atoms with E-state index in [0.717, 1.165) is 12.3 Å². The van der Waals surface area contributed by atoms with Crippen LogP contribution in [0.15, 0.2) is 24.7 Å². The van der Waals surface area contributed by atoms with Gasteiger partial charge in [-0.05, 0) is 19.9 Å². The molecule has 0 saturated carbocycles. The molecule has 31 heavy (non-hydrogen) atoms. The van der Waals surface area contributed by atoms with E-state index in [1.807, 2.05) is 0 Å². The molecule has 1 atom stereocenters. The third kappa shape index (κ3) is 4.99. The van der Waals surface area contributed by atoms with Crippen molar-refractivity contribution in [2.45, 2.75) is 33.0 Å². The van der Waals surface area contributed by atoms with Gasteiger partial charge in [-0.15, -0.1) is 0 Å². The number of anilines is 2. The minimum atomic E-state index is -3.32. The summed E-state index contributed by atoms with van der Waals surface area (Å²) < 4.78 is 61.9. The molecule has 0 aliphatic rings. The van der Waals surface area contributed by atoms with Crippen molar-refractivity contribution in [1.82, 2.24) is 19.6 Å². The Morgan fingerprint density at radius 1 is 1.19 bits per heavy atom. The van der Waals surface area contributed by atoms with Crippen LogP contribution < -0.4 is 15.4 Å². The molecule has 13 heteroatoms. The molecular formula is C18H18F4N6O3. The predicted octanol–water partition coefficient (Wildman–Crippen LogP) is 4.32. The van der Waals surface area contributed by atoms with Gasteiger partial charge in [-0.25, -0.2) is 28.1 Å². The number of imidazole rings is 1. The van der Waals surface area contributed by atoms with Gasteiger partial charge in [0.25, 0.3) is 6.43 Å². The first-order valence-corrected chi connectivity index (χ1v) is 8.88. The molecule has 0 fully saturated rings. The van der Waals surface area contributed by atoms with Crippen molar-refractivity contribution in [2.75, 3.05) is 17.7 Å². The van der Waals surface area contributed by atoms with Gasteiger partial charge < -0.3 is 20.1 Å². The van der Waals surface area contributed by atoms with E-state index in [1.165, 1.54) is 17.8 Å². The number of nitrogens with zero attached hydrogens (tertiary/aromatic N) is 4. The average Bonchev–Trinajstić information content (AvgIpc) is 3.08. The summed E-state index contributed by atoms with van der Waals surface area (Å²) in [6.45, 7) is 0.218. The van der Waals surface area contributed by atoms with Crippen molar-refractivity contribution >= 4 is 23.1 Å². The molecule has 0 saturated heterocycles. The first-order chi connectivity index (χ1) is 14.7. The first kappa shape index (κ1) is 22.2. The fourth-order valence-corrected chi connectivity index (χ4v) is 2.85. The minimum absolute atomic E-state index is 0.151. The minimum Gasteiger partial charge on any atom is -0.416 e. The second kappa shape index (κ2) is 9.12. The molecule has 2 N–H and O–H groups in total. The lowest BCUT2D eigenvalue weighted by molar-refractivity contribution is -0.0550. The number of nitrogens with one attached hydrogen (secondary N) is 2. The fraction of sp³-hybridized carbons (Fsp3) is 0.333. The topological polar surface area (TPSA) is 103 Å². The number of aryl methyl sites for hydroxylation is 1. The van der Waals surface area contributed by atoms with Crippen LogP contribution in [0.4, 0.5) is 33.7 Å². The number of halogens is 4. The largest absolute Gasteiger partial charge is 0.416 e. The summed E-state index contributed by atoms with van der Waals surface area (Å²) in [7, 11) is 1.49. The normalized spacial score (nSPS) is 12.4. The summed E-state index contributed by atoms with van der Waals surface area (Å²) in [5.74, 6) is -0.920. The number of aromatic nitrogens is 4. The number of urea groups is 1. The lowest BCUT2D eigenvalue weighted by atomic mass is 10.1. The molecule has 166 valence electrons. The highest BCUT2D eigenvalue weighted by Crippen LogP contribution is 2.31. The maximum atomic E-state index is 13.1. The zero-order valence-electron chi connectivity index (χ0n) is 16.6. The van der Waals surface area contributed by atoms with Gasteiger partial charge in [-0.3, -0.25) is 0 Å². The van der Waals surface area contributed by atoms with Crippen LogP contribution in [-0.2, 0) is 4.74 Å². The number of rotatable bonds is 7. The predicted molar refractivity (Wildman–Crippen MR) is 102 cm³/mol. The molecule has 9 nitrogen and oxygen atoms in total. The maximum Gasteiger partial charge on any atom is 0.388 e. The monoisotopic (exact) mass is 442 g/mol. The number of alkyl halides is 4. The van der Waals surface area contributed by atoms with Gasteiger partial charge in [0.05, 0.1) is 52.9 Å². The van der Waals surface area contributed by atoms with Crippen molar-refractivity contribution in [3.63, 3.8) is 0 Å². The van der Waals surface area contributed by atoms with Gasteiger partial charge in [0.2, 0.25) is 5.88 Å². The third-order valence-electron chi connectivity index (χ3n) is 4.23. The van der Waals surface area contributed by atoms with E-state index >= 15 is 0 Å². The summed E-state index contributed by atoms with van der Waals surface area (Å²) in [4.78, 5) is 20.3.